The van der Waals surface area contributed by atoms with Crippen molar-refractivity contribution in [1.82, 2.24) is 0 Å². The summed E-state index contributed by atoms with van der Waals surface area (Å²) in [4.78, 5) is 0. The van der Waals surface area contributed by atoms with E-state index in [4.69, 9.17) is 0 Å². The highest BCUT2D eigenvalue weighted by Gasteiger charge is 2.38. The molecule has 0 amide bonds. The average molecular weight is 501 g/mol. The third-order valence-corrected chi connectivity index (χ3v) is 19.2. The monoisotopic (exact) mass is 500 g/mol. The number of thioether (sulfide) groups is 10. The van der Waals surface area contributed by atoms with Crippen LogP contribution < -0.4 is 0 Å². The first kappa shape index (κ1) is 18.5. The van der Waals surface area contributed by atoms with Crippen molar-refractivity contribution in [3.05, 3.63) is 33.9 Å². The van der Waals surface area contributed by atoms with Gasteiger partial charge in [0, 0.05) is 22.0 Å². The molecule has 0 nitrogen and oxygen atoms in total. The molecule has 0 bridgehead atoms. The van der Waals surface area contributed by atoms with Gasteiger partial charge in [0.1, 0.15) is 0 Å². The molecule has 0 saturated carbocycles. The van der Waals surface area contributed by atoms with Gasteiger partial charge in [0.15, 0.2) is 0 Å². The molecule has 1 saturated heterocycles. The summed E-state index contributed by atoms with van der Waals surface area (Å²) in [5.41, 5.74) is 0. The Kier molecular flexibility index (Phi) is 5.94. The molecular formula is C14H12S10. The van der Waals surface area contributed by atoms with Crippen LogP contribution in [0.2, 0.25) is 0 Å². The van der Waals surface area contributed by atoms with E-state index in [9.17, 15) is 0 Å². The molecule has 5 heterocycles. The molecule has 0 spiro atoms. The van der Waals surface area contributed by atoms with Crippen molar-refractivity contribution in [2.45, 2.75) is 24.3 Å². The lowest BCUT2D eigenvalue weighted by Gasteiger charge is -2.08. The largest absolute Gasteiger partial charge is 0.116 e. The van der Waals surface area contributed by atoms with E-state index < -0.39 is 0 Å². The van der Waals surface area contributed by atoms with Gasteiger partial charge < -0.3 is 0 Å². The van der Waals surface area contributed by atoms with Crippen LogP contribution in [0.1, 0.15) is 13.8 Å². The summed E-state index contributed by atoms with van der Waals surface area (Å²) in [6, 6.07) is 0. The molecule has 5 aliphatic rings. The third-order valence-electron chi connectivity index (χ3n) is 3.58. The molecular weight excluding hydrogens is 489 g/mol. The van der Waals surface area contributed by atoms with Gasteiger partial charge in [-0.2, -0.15) is 0 Å². The van der Waals surface area contributed by atoms with Gasteiger partial charge >= 0.3 is 0 Å². The van der Waals surface area contributed by atoms with Gasteiger partial charge in [0.2, 0.25) is 0 Å². The third kappa shape index (κ3) is 3.56. The molecule has 1 fully saturated rings. The van der Waals surface area contributed by atoms with E-state index in [1.54, 1.807) is 12.7 Å². The molecule has 0 aliphatic carbocycles. The molecule has 0 unspecified atom stereocenters. The van der Waals surface area contributed by atoms with Crippen molar-refractivity contribution >= 4 is 118 Å². The van der Waals surface area contributed by atoms with Crippen LogP contribution in [-0.2, 0) is 0 Å². The molecule has 10 heteroatoms. The van der Waals surface area contributed by atoms with Gasteiger partial charge in [0.05, 0.1) is 33.9 Å². The molecule has 0 aromatic rings. The molecule has 0 radical (unpaired) electrons. The van der Waals surface area contributed by atoms with Crippen LogP contribution >= 0.6 is 118 Å². The smallest absolute Gasteiger partial charge is 0.0718 e. The Labute approximate surface area is 185 Å². The molecule has 5 aliphatic heterocycles. The Bertz CT molecular complexity index is 676. The van der Waals surface area contributed by atoms with Crippen molar-refractivity contribution < 1.29 is 0 Å². The highest BCUT2D eigenvalue weighted by molar-refractivity contribution is 8.50. The number of hydrogen-bond acceptors (Lipinski definition) is 10. The standard InChI is InChI=1S/C14H12S10/c1-5-6(2)18-9(17-5)10-21-13-14(22-10)24-12(23-13)11-19-7-8(20-11)16-4-3-15-7/h5-6H,3-4H2,1-2H3/t5-,6-/m1/s1. The number of hydrogen-bond donors (Lipinski definition) is 0. The van der Waals surface area contributed by atoms with Gasteiger partial charge in [0.25, 0.3) is 0 Å². The van der Waals surface area contributed by atoms with Crippen molar-refractivity contribution in [2.24, 2.45) is 0 Å². The quantitative estimate of drug-likeness (QED) is 0.315. The lowest BCUT2D eigenvalue weighted by atomic mass is 10.4. The van der Waals surface area contributed by atoms with Gasteiger partial charge in [-0.3, -0.25) is 0 Å². The van der Waals surface area contributed by atoms with Gasteiger partial charge in [-0.1, -0.05) is 84.4 Å². The fourth-order valence-corrected chi connectivity index (χ4v) is 18.2. The van der Waals surface area contributed by atoms with Crippen LogP contribution in [0.4, 0.5) is 0 Å². The van der Waals surface area contributed by atoms with Crippen molar-refractivity contribution in [3.8, 4) is 0 Å². The lowest BCUT2D eigenvalue weighted by molar-refractivity contribution is 0.941. The zero-order valence-electron chi connectivity index (χ0n) is 12.7. The maximum absolute atomic E-state index is 2.35. The molecule has 128 valence electrons. The Hall–Kier alpha value is 2.46. The van der Waals surface area contributed by atoms with Gasteiger partial charge in [-0.05, 0) is 0 Å². The minimum Gasteiger partial charge on any atom is -0.116 e. The Morgan fingerprint density at radius 2 is 0.833 bits per heavy atom. The second-order valence-corrected chi connectivity index (χ2v) is 18.4. The average Bonchev–Trinajstić information content (AvgIpc) is 3.29. The maximum Gasteiger partial charge on any atom is 0.0718 e. The van der Waals surface area contributed by atoms with Crippen LogP contribution in [0.5, 0.6) is 0 Å². The Morgan fingerprint density at radius 1 is 0.500 bits per heavy atom. The first-order chi connectivity index (χ1) is 11.7. The maximum atomic E-state index is 2.35. The minimum atomic E-state index is 0.741. The SMILES string of the molecule is C[C@H]1SC(=C2SC3=C(SC(=C4SC5=C(SCCS5)S4)S3)S2)S[C@@H]1C. The van der Waals surface area contributed by atoms with E-state index in [0.29, 0.717) is 0 Å². The van der Waals surface area contributed by atoms with E-state index in [-0.39, 0.29) is 0 Å². The molecule has 0 aromatic heterocycles. The van der Waals surface area contributed by atoms with E-state index in [1.807, 2.05) is 94.1 Å². The first-order valence-electron chi connectivity index (χ1n) is 7.30. The van der Waals surface area contributed by atoms with E-state index >= 15 is 0 Å². The van der Waals surface area contributed by atoms with E-state index in [2.05, 4.69) is 37.4 Å². The van der Waals surface area contributed by atoms with Crippen molar-refractivity contribution in [3.63, 3.8) is 0 Å². The summed E-state index contributed by atoms with van der Waals surface area (Å²) in [6.45, 7) is 4.71. The summed E-state index contributed by atoms with van der Waals surface area (Å²) in [7, 11) is 0. The fraction of sp³-hybridized carbons (Fsp3) is 0.429. The molecule has 5 rings (SSSR count). The zero-order valence-corrected chi connectivity index (χ0v) is 20.8. The molecule has 24 heavy (non-hydrogen) atoms. The summed E-state index contributed by atoms with van der Waals surface area (Å²) >= 11 is 20.3. The van der Waals surface area contributed by atoms with E-state index in [0.717, 1.165) is 10.5 Å². The van der Waals surface area contributed by atoms with Crippen LogP contribution in [0.15, 0.2) is 33.9 Å². The highest BCUT2D eigenvalue weighted by Crippen LogP contribution is 2.72. The topological polar surface area (TPSA) is 0 Å². The van der Waals surface area contributed by atoms with Crippen LogP contribution in [-0.4, -0.2) is 22.0 Å². The van der Waals surface area contributed by atoms with Crippen LogP contribution in [0, 0.1) is 0 Å². The predicted octanol–water partition coefficient (Wildman–Crippen LogP) is 8.67. The molecule has 0 aromatic carbocycles. The van der Waals surface area contributed by atoms with E-state index in [1.165, 1.54) is 32.7 Å². The van der Waals surface area contributed by atoms with Gasteiger partial charge in [-0.15, -0.1) is 47.0 Å². The normalized spacial score (nSPS) is 33.2. The summed E-state index contributed by atoms with van der Waals surface area (Å²) in [6.07, 6.45) is 0. The summed E-state index contributed by atoms with van der Waals surface area (Å²) < 4.78 is 12.3. The molecule has 2 atom stereocenters. The van der Waals surface area contributed by atoms with Crippen LogP contribution in [0.3, 0.4) is 0 Å². The second kappa shape index (κ2) is 7.71. The Balaban J connectivity index is 1.29. The molecule has 0 N–H and O–H groups in total. The first-order valence-corrected chi connectivity index (χ1v) is 15.9. The second-order valence-electron chi connectivity index (χ2n) is 5.25. The van der Waals surface area contributed by atoms with Gasteiger partial charge in [-0.25, -0.2) is 0 Å². The lowest BCUT2D eigenvalue weighted by Crippen LogP contribution is -2.04. The van der Waals surface area contributed by atoms with Crippen LogP contribution in [0.25, 0.3) is 0 Å². The number of rotatable bonds is 0. The fourth-order valence-electron chi connectivity index (χ4n) is 2.21. The minimum absolute atomic E-state index is 0.741. The summed E-state index contributed by atoms with van der Waals surface area (Å²) in [5.74, 6) is 2.53. The Morgan fingerprint density at radius 3 is 1.25 bits per heavy atom. The predicted molar refractivity (Wildman–Crippen MR) is 133 cm³/mol. The summed E-state index contributed by atoms with van der Waals surface area (Å²) in [5, 5.41) is 1.48. The highest BCUT2D eigenvalue weighted by atomic mass is 32.3. The van der Waals surface area contributed by atoms with Crippen molar-refractivity contribution in [2.75, 3.05) is 11.5 Å². The van der Waals surface area contributed by atoms with Crippen molar-refractivity contribution in [1.29, 1.82) is 0 Å². The zero-order chi connectivity index (χ0) is 16.3.